The third kappa shape index (κ3) is 7.35. The summed E-state index contributed by atoms with van der Waals surface area (Å²) in [7, 11) is -4.01. The van der Waals surface area contributed by atoms with Crippen LogP contribution in [0.3, 0.4) is 0 Å². The van der Waals surface area contributed by atoms with Crippen LogP contribution in [0.15, 0.2) is 53.4 Å². The fraction of sp³-hybridized carbons (Fsp3) is 0.278. The van der Waals surface area contributed by atoms with Crippen LogP contribution >= 0.6 is 0 Å². The minimum absolute atomic E-state index is 0.167. The molecule has 0 spiro atoms. The summed E-state index contributed by atoms with van der Waals surface area (Å²) in [5.74, 6) is -1.39. The minimum atomic E-state index is -4.88. The van der Waals surface area contributed by atoms with Crippen molar-refractivity contribution in [1.29, 1.82) is 0 Å². The Morgan fingerprint density at radius 1 is 1.07 bits per heavy atom. The van der Waals surface area contributed by atoms with Gasteiger partial charge >= 0.3 is 6.36 Å². The Balaban J connectivity index is 1.85. The number of nitrogens with one attached hydrogen (secondary N) is 2. The predicted molar refractivity (Wildman–Crippen MR) is 95.9 cm³/mol. The minimum Gasteiger partial charge on any atom is -0.406 e. The second-order valence-corrected chi connectivity index (χ2v) is 7.77. The number of carbonyl (C=O) groups is 1. The molecular formula is C18H18F4N2O4S. The van der Waals surface area contributed by atoms with Crippen LogP contribution in [-0.4, -0.2) is 27.2 Å². The van der Waals surface area contributed by atoms with Crippen molar-refractivity contribution in [1.82, 2.24) is 10.0 Å². The van der Waals surface area contributed by atoms with Crippen molar-refractivity contribution in [2.45, 2.75) is 30.6 Å². The quantitative estimate of drug-likeness (QED) is 0.625. The van der Waals surface area contributed by atoms with E-state index in [1.165, 1.54) is 24.3 Å². The molecule has 0 saturated carbocycles. The average Bonchev–Trinajstić information content (AvgIpc) is 2.61. The smallest absolute Gasteiger partial charge is 0.406 e. The van der Waals surface area contributed by atoms with E-state index >= 15 is 0 Å². The van der Waals surface area contributed by atoms with Gasteiger partial charge in [0.25, 0.3) is 0 Å². The van der Waals surface area contributed by atoms with Crippen LogP contribution in [0.4, 0.5) is 17.6 Å². The lowest BCUT2D eigenvalue weighted by molar-refractivity contribution is -0.274. The first-order valence-corrected chi connectivity index (χ1v) is 9.85. The Morgan fingerprint density at radius 3 is 2.21 bits per heavy atom. The largest absolute Gasteiger partial charge is 0.573 e. The predicted octanol–water partition coefficient (Wildman–Crippen LogP) is 3.27. The zero-order valence-corrected chi connectivity index (χ0v) is 16.0. The van der Waals surface area contributed by atoms with Crippen LogP contribution in [0, 0.1) is 5.82 Å². The molecule has 0 heterocycles. The second-order valence-electron chi connectivity index (χ2n) is 6.01. The van der Waals surface area contributed by atoms with Crippen LogP contribution in [-0.2, 0) is 14.8 Å². The van der Waals surface area contributed by atoms with E-state index in [1.807, 2.05) is 0 Å². The van der Waals surface area contributed by atoms with E-state index in [0.717, 1.165) is 24.3 Å². The van der Waals surface area contributed by atoms with Crippen molar-refractivity contribution >= 4 is 15.9 Å². The van der Waals surface area contributed by atoms with Crippen molar-refractivity contribution in [2.75, 3.05) is 6.54 Å². The molecule has 29 heavy (non-hydrogen) atoms. The molecule has 6 nitrogen and oxygen atoms in total. The molecule has 0 aromatic heterocycles. The van der Waals surface area contributed by atoms with Gasteiger partial charge in [0.2, 0.25) is 15.9 Å². The molecular weight excluding hydrogens is 416 g/mol. The second kappa shape index (κ2) is 9.23. The van der Waals surface area contributed by atoms with Crippen molar-refractivity contribution < 1.29 is 35.5 Å². The summed E-state index contributed by atoms with van der Waals surface area (Å²) in [5, 5.41) is 2.65. The number of alkyl halides is 3. The number of hydrogen-bond donors (Lipinski definition) is 2. The van der Waals surface area contributed by atoms with Gasteiger partial charge in [0, 0.05) is 13.0 Å². The van der Waals surface area contributed by atoms with E-state index in [4.69, 9.17) is 0 Å². The fourth-order valence-corrected chi connectivity index (χ4v) is 3.38. The normalized spacial score (nSPS) is 13.0. The van der Waals surface area contributed by atoms with Crippen LogP contribution in [0.25, 0.3) is 0 Å². The van der Waals surface area contributed by atoms with Gasteiger partial charge < -0.3 is 10.1 Å². The Bertz CT molecular complexity index is 930. The molecule has 0 radical (unpaired) electrons. The number of halogens is 4. The Morgan fingerprint density at radius 2 is 1.66 bits per heavy atom. The first kappa shape index (κ1) is 22.6. The fourth-order valence-electron chi connectivity index (χ4n) is 2.35. The molecule has 11 heteroatoms. The number of benzene rings is 2. The highest BCUT2D eigenvalue weighted by molar-refractivity contribution is 7.89. The number of hydrogen-bond acceptors (Lipinski definition) is 4. The van der Waals surface area contributed by atoms with Gasteiger partial charge in [-0.3, -0.25) is 4.79 Å². The van der Waals surface area contributed by atoms with Crippen molar-refractivity contribution in [3.05, 3.63) is 59.9 Å². The SMILES string of the molecule is CC(NC(=O)CCNS(=O)(=O)c1ccc(OC(F)(F)F)cc1)c1ccc(F)cc1. The Kier molecular flexibility index (Phi) is 7.20. The van der Waals surface area contributed by atoms with Crippen LogP contribution in [0.5, 0.6) is 5.75 Å². The summed E-state index contributed by atoms with van der Waals surface area (Å²) < 4.78 is 79.5. The van der Waals surface area contributed by atoms with E-state index in [-0.39, 0.29) is 17.9 Å². The Labute approximate surface area is 164 Å². The van der Waals surface area contributed by atoms with E-state index < -0.39 is 39.9 Å². The van der Waals surface area contributed by atoms with Gasteiger partial charge in [0.15, 0.2) is 0 Å². The lowest BCUT2D eigenvalue weighted by atomic mass is 10.1. The molecule has 0 bridgehead atoms. The summed E-state index contributed by atoms with van der Waals surface area (Å²) in [6.07, 6.45) is -5.04. The summed E-state index contributed by atoms with van der Waals surface area (Å²) in [5.41, 5.74) is 0.682. The van der Waals surface area contributed by atoms with Gasteiger partial charge in [-0.2, -0.15) is 0 Å². The molecule has 1 unspecified atom stereocenters. The molecule has 0 aliphatic heterocycles. The number of sulfonamides is 1. The summed E-state index contributed by atoms with van der Waals surface area (Å²) in [6.45, 7) is 1.48. The highest BCUT2D eigenvalue weighted by atomic mass is 32.2. The van der Waals surface area contributed by atoms with Crippen LogP contribution in [0.2, 0.25) is 0 Å². The van der Waals surface area contributed by atoms with Gasteiger partial charge in [0.05, 0.1) is 10.9 Å². The van der Waals surface area contributed by atoms with Gasteiger partial charge in [-0.15, -0.1) is 13.2 Å². The molecule has 2 aromatic rings. The van der Waals surface area contributed by atoms with Gasteiger partial charge in [-0.1, -0.05) is 12.1 Å². The van der Waals surface area contributed by atoms with Gasteiger partial charge in [-0.05, 0) is 48.9 Å². The molecule has 1 amide bonds. The first-order chi connectivity index (χ1) is 13.5. The topological polar surface area (TPSA) is 84.5 Å². The van der Waals surface area contributed by atoms with E-state index in [2.05, 4.69) is 14.8 Å². The molecule has 0 fully saturated rings. The highest BCUT2D eigenvalue weighted by Crippen LogP contribution is 2.23. The van der Waals surface area contributed by atoms with Gasteiger partial charge in [0.1, 0.15) is 11.6 Å². The molecule has 158 valence electrons. The number of carbonyl (C=O) groups excluding carboxylic acids is 1. The monoisotopic (exact) mass is 434 g/mol. The van der Waals surface area contributed by atoms with Crippen molar-refractivity contribution in [2.24, 2.45) is 0 Å². The Hall–Kier alpha value is -2.66. The molecule has 0 aliphatic rings. The standard InChI is InChI=1S/C18H18F4N2O4S/c1-12(13-2-4-14(19)5-3-13)24-17(25)10-11-23-29(26,27)16-8-6-15(7-9-16)28-18(20,21)22/h2-9,12,23H,10-11H2,1H3,(H,24,25). The van der Waals surface area contributed by atoms with E-state index in [0.29, 0.717) is 5.56 Å². The van der Waals surface area contributed by atoms with E-state index in [9.17, 15) is 30.8 Å². The highest BCUT2D eigenvalue weighted by Gasteiger charge is 2.31. The zero-order valence-electron chi connectivity index (χ0n) is 15.2. The van der Waals surface area contributed by atoms with Crippen LogP contribution in [0.1, 0.15) is 24.9 Å². The molecule has 1 atom stereocenters. The maximum atomic E-state index is 12.9. The molecule has 2 N–H and O–H groups in total. The van der Waals surface area contributed by atoms with E-state index in [1.54, 1.807) is 6.92 Å². The summed E-state index contributed by atoms with van der Waals surface area (Å²) >= 11 is 0. The third-order valence-corrected chi connectivity index (χ3v) is 5.24. The van der Waals surface area contributed by atoms with Crippen molar-refractivity contribution in [3.8, 4) is 5.75 Å². The maximum Gasteiger partial charge on any atom is 0.573 e. The molecule has 0 aliphatic carbocycles. The third-order valence-electron chi connectivity index (χ3n) is 3.76. The first-order valence-electron chi connectivity index (χ1n) is 8.36. The number of rotatable bonds is 8. The number of amides is 1. The van der Waals surface area contributed by atoms with Gasteiger partial charge in [-0.25, -0.2) is 17.5 Å². The zero-order chi connectivity index (χ0) is 21.7. The average molecular weight is 434 g/mol. The number of ether oxygens (including phenoxy) is 1. The summed E-state index contributed by atoms with van der Waals surface area (Å²) in [4.78, 5) is 11.7. The lowest BCUT2D eigenvalue weighted by Gasteiger charge is -2.14. The van der Waals surface area contributed by atoms with Crippen LogP contribution < -0.4 is 14.8 Å². The molecule has 0 saturated heterocycles. The lowest BCUT2D eigenvalue weighted by Crippen LogP contribution is -2.32. The van der Waals surface area contributed by atoms with Crippen molar-refractivity contribution in [3.63, 3.8) is 0 Å². The molecule has 2 rings (SSSR count). The summed E-state index contributed by atoms with van der Waals surface area (Å²) in [6, 6.07) is 8.83. The molecule has 2 aromatic carbocycles. The maximum absolute atomic E-state index is 12.9.